The zero-order valence-corrected chi connectivity index (χ0v) is 18.7. The first kappa shape index (κ1) is 19.3. The number of thiazole rings is 1. The number of rotatable bonds is 3. The van der Waals surface area contributed by atoms with Gasteiger partial charge in [-0.3, -0.25) is 4.90 Å². The predicted molar refractivity (Wildman–Crippen MR) is 126 cm³/mol. The van der Waals surface area contributed by atoms with Crippen molar-refractivity contribution in [1.29, 1.82) is 0 Å². The van der Waals surface area contributed by atoms with Crippen LogP contribution < -0.4 is 5.32 Å². The molecule has 158 valence electrons. The standard InChI is InChI=1S/C23H21FN4OS2/c1-28-7-3-15(23(28)4-8-29-9-5-23)20-10-14-17(2-6-25-22(14)31-20)27-18-12-19-21(11-16(18)24)30-13-26-19/h2-3,6,10-13H,4-5,7-9H2,1H3,(H,25,27). The summed E-state index contributed by atoms with van der Waals surface area (Å²) in [4.78, 5) is 13.5. The third-order valence-electron chi connectivity index (χ3n) is 6.51. The van der Waals surface area contributed by atoms with Gasteiger partial charge in [0.1, 0.15) is 10.6 Å². The number of anilines is 2. The zero-order valence-electron chi connectivity index (χ0n) is 17.0. The Morgan fingerprint density at radius 1 is 1.16 bits per heavy atom. The highest BCUT2D eigenvalue weighted by Crippen LogP contribution is 2.47. The van der Waals surface area contributed by atoms with Gasteiger partial charge >= 0.3 is 0 Å². The molecule has 5 nitrogen and oxygen atoms in total. The quantitative estimate of drug-likeness (QED) is 0.434. The number of nitrogens with one attached hydrogen (secondary N) is 1. The minimum atomic E-state index is -0.279. The van der Waals surface area contributed by atoms with Gasteiger partial charge in [-0.25, -0.2) is 14.4 Å². The number of likely N-dealkylation sites (N-methyl/N-ethyl adjacent to an activating group) is 1. The number of hydrogen-bond donors (Lipinski definition) is 1. The van der Waals surface area contributed by atoms with Crippen molar-refractivity contribution in [2.75, 3.05) is 32.1 Å². The lowest BCUT2D eigenvalue weighted by Crippen LogP contribution is -2.47. The number of fused-ring (bicyclic) bond motifs is 2. The van der Waals surface area contributed by atoms with Gasteiger partial charge in [-0.2, -0.15) is 0 Å². The molecule has 31 heavy (non-hydrogen) atoms. The fourth-order valence-electron chi connectivity index (χ4n) is 4.79. The number of benzene rings is 1. The highest BCUT2D eigenvalue weighted by Gasteiger charge is 2.43. The van der Waals surface area contributed by atoms with Crippen LogP contribution in [0.1, 0.15) is 17.7 Å². The van der Waals surface area contributed by atoms with Crippen molar-refractivity contribution in [1.82, 2.24) is 14.9 Å². The highest BCUT2D eigenvalue weighted by atomic mass is 32.1. The Kier molecular flexibility index (Phi) is 4.57. The SMILES string of the molecule is CN1CC=C(c2cc3c(Nc4cc5ncsc5cc4F)ccnc3s2)C12CCOCC2. The smallest absolute Gasteiger partial charge is 0.148 e. The average Bonchev–Trinajstić information content (AvgIpc) is 3.48. The lowest BCUT2D eigenvalue weighted by atomic mass is 9.82. The first-order valence-electron chi connectivity index (χ1n) is 10.3. The molecule has 3 aromatic heterocycles. The normalized spacial score (nSPS) is 18.8. The second-order valence-electron chi connectivity index (χ2n) is 8.11. The van der Waals surface area contributed by atoms with E-state index in [-0.39, 0.29) is 11.4 Å². The summed E-state index contributed by atoms with van der Waals surface area (Å²) < 4.78 is 21.2. The molecule has 0 bridgehead atoms. The molecular weight excluding hydrogens is 431 g/mol. The summed E-state index contributed by atoms with van der Waals surface area (Å²) in [5.74, 6) is -0.279. The van der Waals surface area contributed by atoms with Crippen LogP contribution >= 0.6 is 22.7 Å². The van der Waals surface area contributed by atoms with E-state index in [1.165, 1.54) is 21.8 Å². The van der Waals surface area contributed by atoms with Crippen LogP contribution in [0, 0.1) is 5.82 Å². The number of hydrogen-bond acceptors (Lipinski definition) is 7. The van der Waals surface area contributed by atoms with Crippen molar-refractivity contribution >= 4 is 60.1 Å². The van der Waals surface area contributed by atoms with Crippen LogP contribution in [0.4, 0.5) is 15.8 Å². The number of halogens is 1. The van der Waals surface area contributed by atoms with E-state index in [1.54, 1.807) is 35.2 Å². The first-order valence-corrected chi connectivity index (χ1v) is 12.0. The van der Waals surface area contributed by atoms with Gasteiger partial charge in [0.25, 0.3) is 0 Å². The number of ether oxygens (including phenoxy) is 1. The molecule has 6 rings (SSSR count). The van der Waals surface area contributed by atoms with E-state index in [1.807, 2.05) is 6.07 Å². The Balaban J connectivity index is 1.40. The third kappa shape index (κ3) is 3.09. The van der Waals surface area contributed by atoms with Gasteiger partial charge in [-0.15, -0.1) is 22.7 Å². The van der Waals surface area contributed by atoms with E-state index in [0.29, 0.717) is 5.69 Å². The maximum atomic E-state index is 14.7. The monoisotopic (exact) mass is 452 g/mol. The molecular formula is C23H21FN4OS2. The molecule has 0 aliphatic carbocycles. The van der Waals surface area contributed by atoms with E-state index in [2.05, 4.69) is 39.4 Å². The lowest BCUT2D eigenvalue weighted by molar-refractivity contribution is 0.0221. The molecule has 0 radical (unpaired) electrons. The zero-order chi connectivity index (χ0) is 21.0. The van der Waals surface area contributed by atoms with Crippen molar-refractivity contribution in [3.8, 4) is 0 Å². The molecule has 4 aromatic rings. The van der Waals surface area contributed by atoms with Gasteiger partial charge in [0, 0.05) is 36.2 Å². The molecule has 1 aromatic carbocycles. The molecule has 2 aliphatic rings. The highest BCUT2D eigenvalue weighted by molar-refractivity contribution is 7.19. The maximum Gasteiger partial charge on any atom is 0.148 e. The maximum absolute atomic E-state index is 14.7. The second kappa shape index (κ2) is 7.34. The molecule has 1 saturated heterocycles. The second-order valence-corrected chi connectivity index (χ2v) is 10.0. The molecule has 2 aliphatic heterocycles. The van der Waals surface area contributed by atoms with Crippen LogP contribution in [-0.2, 0) is 4.74 Å². The van der Waals surface area contributed by atoms with Gasteiger partial charge < -0.3 is 10.1 Å². The average molecular weight is 453 g/mol. The Labute approximate surface area is 187 Å². The van der Waals surface area contributed by atoms with E-state index >= 15 is 0 Å². The van der Waals surface area contributed by atoms with E-state index < -0.39 is 0 Å². The number of pyridine rings is 1. The fourth-order valence-corrected chi connectivity index (χ4v) is 6.63. The molecule has 8 heteroatoms. The Morgan fingerprint density at radius 3 is 2.90 bits per heavy atom. The van der Waals surface area contributed by atoms with Gasteiger partial charge in [-0.05, 0) is 49.7 Å². The van der Waals surface area contributed by atoms with Gasteiger partial charge in [-0.1, -0.05) is 6.08 Å². The van der Waals surface area contributed by atoms with Crippen LogP contribution in [-0.4, -0.2) is 47.2 Å². The molecule has 5 heterocycles. The molecule has 0 saturated carbocycles. The minimum absolute atomic E-state index is 0.0362. The van der Waals surface area contributed by atoms with Crippen molar-refractivity contribution in [2.24, 2.45) is 0 Å². The summed E-state index contributed by atoms with van der Waals surface area (Å²) in [7, 11) is 2.20. The third-order valence-corrected chi connectivity index (χ3v) is 8.38. The topological polar surface area (TPSA) is 50.3 Å². The Bertz CT molecular complexity index is 1320. The van der Waals surface area contributed by atoms with Crippen LogP contribution in [0.3, 0.4) is 0 Å². The molecule has 0 atom stereocenters. The largest absolute Gasteiger partial charge is 0.381 e. The Hall–Kier alpha value is -2.39. The van der Waals surface area contributed by atoms with Crippen LogP contribution in [0.15, 0.2) is 42.0 Å². The lowest BCUT2D eigenvalue weighted by Gasteiger charge is -2.41. The van der Waals surface area contributed by atoms with Crippen molar-refractivity contribution in [3.05, 3.63) is 52.7 Å². The van der Waals surface area contributed by atoms with Gasteiger partial charge in [0.15, 0.2) is 0 Å². The first-order chi connectivity index (χ1) is 15.1. The fraction of sp³-hybridized carbons (Fsp3) is 0.304. The van der Waals surface area contributed by atoms with Crippen molar-refractivity contribution < 1.29 is 9.13 Å². The van der Waals surface area contributed by atoms with Gasteiger partial charge in [0.05, 0.1) is 32.6 Å². The van der Waals surface area contributed by atoms with Gasteiger partial charge in [0.2, 0.25) is 0 Å². The van der Waals surface area contributed by atoms with E-state index in [4.69, 9.17) is 4.74 Å². The van der Waals surface area contributed by atoms with Crippen LogP contribution in [0.2, 0.25) is 0 Å². The minimum Gasteiger partial charge on any atom is -0.381 e. The molecule has 1 N–H and O–H groups in total. The summed E-state index contributed by atoms with van der Waals surface area (Å²) in [5, 5.41) is 4.30. The number of nitrogens with zero attached hydrogens (tertiary/aromatic N) is 3. The molecule has 0 amide bonds. The summed E-state index contributed by atoms with van der Waals surface area (Å²) in [6, 6.07) is 7.42. The van der Waals surface area contributed by atoms with E-state index in [0.717, 1.165) is 58.7 Å². The summed E-state index contributed by atoms with van der Waals surface area (Å²) >= 11 is 3.15. The molecule has 0 unspecified atom stereocenters. The van der Waals surface area contributed by atoms with E-state index in [9.17, 15) is 4.39 Å². The summed E-state index contributed by atoms with van der Waals surface area (Å²) in [5.41, 5.74) is 5.23. The van der Waals surface area contributed by atoms with Crippen LogP contribution in [0.5, 0.6) is 0 Å². The number of thiophene rings is 1. The summed E-state index contributed by atoms with van der Waals surface area (Å²) in [6.45, 7) is 2.52. The molecule has 1 fully saturated rings. The summed E-state index contributed by atoms with van der Waals surface area (Å²) in [6.07, 6.45) is 6.13. The molecule has 1 spiro atoms. The van der Waals surface area contributed by atoms with Crippen molar-refractivity contribution in [2.45, 2.75) is 18.4 Å². The van der Waals surface area contributed by atoms with Crippen LogP contribution in [0.25, 0.3) is 26.0 Å². The predicted octanol–water partition coefficient (Wildman–Crippen LogP) is 5.67. The Morgan fingerprint density at radius 2 is 2.03 bits per heavy atom. The number of aromatic nitrogens is 2. The van der Waals surface area contributed by atoms with Crippen molar-refractivity contribution in [3.63, 3.8) is 0 Å².